The number of halogens is 1. The molecule has 0 aliphatic carbocycles. The van der Waals surface area contributed by atoms with Gasteiger partial charge in [-0.05, 0) is 28.8 Å². The molecule has 0 aromatic heterocycles. The van der Waals surface area contributed by atoms with Crippen LogP contribution in [-0.4, -0.2) is 58.0 Å². The minimum atomic E-state index is -0.443. The van der Waals surface area contributed by atoms with E-state index in [0.717, 1.165) is 16.7 Å². The Morgan fingerprint density at radius 1 is 1.07 bits per heavy atom. The van der Waals surface area contributed by atoms with Crippen LogP contribution in [0.4, 0.5) is 4.39 Å². The van der Waals surface area contributed by atoms with E-state index in [1.807, 2.05) is 31.2 Å². The van der Waals surface area contributed by atoms with Crippen LogP contribution in [-0.2, 0) is 9.59 Å². The van der Waals surface area contributed by atoms with Crippen LogP contribution < -0.4 is 0 Å². The molecule has 2 aromatic rings. The van der Waals surface area contributed by atoms with Gasteiger partial charge in [0.15, 0.2) is 0 Å². The molecular formula is C23H25FN2O3. The minimum Gasteiger partial charge on any atom is -0.394 e. The molecule has 2 amide bonds. The van der Waals surface area contributed by atoms with Gasteiger partial charge in [-0.3, -0.25) is 9.59 Å². The Morgan fingerprint density at radius 2 is 1.62 bits per heavy atom. The van der Waals surface area contributed by atoms with Gasteiger partial charge in [0.25, 0.3) is 0 Å². The number of carbonyl (C=O) groups excluding carboxylic acids is 2. The minimum absolute atomic E-state index is 0.0282. The predicted molar refractivity (Wildman–Crippen MR) is 108 cm³/mol. The van der Waals surface area contributed by atoms with Crippen LogP contribution in [0.15, 0.2) is 48.5 Å². The van der Waals surface area contributed by atoms with Gasteiger partial charge in [-0.15, -0.1) is 0 Å². The molecule has 1 N–H and O–H groups in total. The van der Waals surface area contributed by atoms with E-state index in [-0.39, 0.29) is 36.2 Å². The van der Waals surface area contributed by atoms with E-state index < -0.39 is 5.54 Å². The van der Waals surface area contributed by atoms with Gasteiger partial charge in [0.1, 0.15) is 5.82 Å². The monoisotopic (exact) mass is 396 g/mol. The maximum atomic E-state index is 13.2. The number of hydrogen-bond acceptors (Lipinski definition) is 3. The summed E-state index contributed by atoms with van der Waals surface area (Å²) in [6.07, 6.45) is 0.441. The molecule has 2 aliphatic heterocycles. The third kappa shape index (κ3) is 3.02. The zero-order chi connectivity index (χ0) is 20.8. The highest BCUT2D eigenvalue weighted by molar-refractivity contribution is 5.81. The van der Waals surface area contributed by atoms with Crippen molar-refractivity contribution < 1.29 is 19.1 Å². The fraction of sp³-hybridized carbons (Fsp3) is 0.391. The first-order chi connectivity index (χ1) is 13.9. The molecule has 4 rings (SSSR count). The van der Waals surface area contributed by atoms with E-state index in [2.05, 4.69) is 0 Å². The van der Waals surface area contributed by atoms with Gasteiger partial charge in [-0.25, -0.2) is 4.39 Å². The van der Waals surface area contributed by atoms with E-state index in [0.29, 0.717) is 19.5 Å². The number of amides is 2. The molecule has 2 saturated heterocycles. The summed E-state index contributed by atoms with van der Waals surface area (Å²) in [7, 11) is 0. The third-order valence-electron chi connectivity index (χ3n) is 6.33. The normalized spacial score (nSPS) is 22.2. The average Bonchev–Trinajstić information content (AvgIpc) is 2.67. The first-order valence-electron chi connectivity index (χ1n) is 9.95. The van der Waals surface area contributed by atoms with Crippen LogP contribution in [0, 0.1) is 5.82 Å². The lowest BCUT2D eigenvalue weighted by Gasteiger charge is -2.70. The van der Waals surface area contributed by atoms with E-state index in [1.165, 1.54) is 19.1 Å². The number of nitrogens with zero attached hydrogens (tertiary/aromatic N) is 2. The summed E-state index contributed by atoms with van der Waals surface area (Å²) in [5.41, 5.74) is 2.49. The number of benzene rings is 2. The molecule has 5 nitrogen and oxygen atoms in total. The van der Waals surface area contributed by atoms with E-state index in [9.17, 15) is 19.1 Å². The highest BCUT2D eigenvalue weighted by Gasteiger charge is 2.67. The second-order valence-electron chi connectivity index (χ2n) is 7.95. The Kier molecular flexibility index (Phi) is 4.90. The van der Waals surface area contributed by atoms with Gasteiger partial charge in [-0.2, -0.15) is 0 Å². The van der Waals surface area contributed by atoms with Crippen LogP contribution >= 0.6 is 0 Å². The molecular weight excluding hydrogens is 371 g/mol. The third-order valence-corrected chi connectivity index (χ3v) is 6.33. The summed E-state index contributed by atoms with van der Waals surface area (Å²) in [4.78, 5) is 27.9. The molecule has 2 aliphatic rings. The van der Waals surface area contributed by atoms with Crippen molar-refractivity contribution in [3.05, 3.63) is 59.9 Å². The Bertz CT molecular complexity index is 920. The summed E-state index contributed by atoms with van der Waals surface area (Å²) in [5, 5.41) is 9.96. The van der Waals surface area contributed by atoms with Crippen molar-refractivity contribution in [2.45, 2.75) is 37.8 Å². The second-order valence-corrected chi connectivity index (χ2v) is 7.95. The van der Waals surface area contributed by atoms with Crippen LogP contribution in [0.1, 0.15) is 31.7 Å². The Labute approximate surface area is 169 Å². The number of rotatable bonds is 4. The molecule has 152 valence electrons. The van der Waals surface area contributed by atoms with Crippen LogP contribution in [0.3, 0.4) is 0 Å². The van der Waals surface area contributed by atoms with Crippen molar-refractivity contribution in [2.75, 3.05) is 19.7 Å². The Morgan fingerprint density at radius 3 is 2.10 bits per heavy atom. The second kappa shape index (κ2) is 7.26. The fourth-order valence-electron chi connectivity index (χ4n) is 5.06. The predicted octanol–water partition coefficient (Wildman–Crippen LogP) is 2.79. The lowest BCUT2D eigenvalue weighted by Crippen LogP contribution is -2.85. The average molecular weight is 396 g/mol. The molecule has 1 spiro atoms. The number of hydrogen-bond donors (Lipinski definition) is 1. The van der Waals surface area contributed by atoms with Crippen molar-refractivity contribution in [3.63, 3.8) is 0 Å². The molecule has 0 saturated carbocycles. The van der Waals surface area contributed by atoms with Gasteiger partial charge < -0.3 is 14.9 Å². The molecule has 2 aromatic carbocycles. The smallest absolute Gasteiger partial charge is 0.222 e. The van der Waals surface area contributed by atoms with Gasteiger partial charge in [0.05, 0.1) is 18.2 Å². The fourth-order valence-corrected chi connectivity index (χ4v) is 5.06. The standard InChI is InChI=1S/C23H25FN2O3/c1-3-21(29)25-13-23(14-25)22(20(12-27)26(23)15(2)28)18-6-4-16(5-7-18)17-8-10-19(24)11-9-17/h4-11,20,22,27H,3,12-14H2,1-2H3/t20-,22+/m0/s1. The van der Waals surface area contributed by atoms with Crippen LogP contribution in [0.5, 0.6) is 0 Å². The van der Waals surface area contributed by atoms with Gasteiger partial charge >= 0.3 is 0 Å². The molecule has 29 heavy (non-hydrogen) atoms. The molecule has 2 fully saturated rings. The zero-order valence-electron chi connectivity index (χ0n) is 16.6. The highest BCUT2D eigenvalue weighted by atomic mass is 19.1. The van der Waals surface area contributed by atoms with Crippen LogP contribution in [0.2, 0.25) is 0 Å². The van der Waals surface area contributed by atoms with Crippen molar-refractivity contribution in [1.82, 2.24) is 9.80 Å². The van der Waals surface area contributed by atoms with Crippen LogP contribution in [0.25, 0.3) is 11.1 Å². The van der Waals surface area contributed by atoms with Gasteiger partial charge in [-0.1, -0.05) is 43.3 Å². The molecule has 2 atom stereocenters. The molecule has 0 unspecified atom stereocenters. The van der Waals surface area contributed by atoms with E-state index in [4.69, 9.17) is 0 Å². The quantitative estimate of drug-likeness (QED) is 0.865. The molecule has 2 heterocycles. The number of carbonyl (C=O) groups is 2. The molecule has 0 radical (unpaired) electrons. The van der Waals surface area contributed by atoms with Crippen molar-refractivity contribution in [1.29, 1.82) is 0 Å². The van der Waals surface area contributed by atoms with Crippen molar-refractivity contribution in [3.8, 4) is 11.1 Å². The highest BCUT2D eigenvalue weighted by Crippen LogP contribution is 2.54. The Hall–Kier alpha value is -2.73. The van der Waals surface area contributed by atoms with E-state index >= 15 is 0 Å². The summed E-state index contributed by atoms with van der Waals surface area (Å²) >= 11 is 0. The Balaban J connectivity index is 1.62. The number of aliphatic hydroxyl groups excluding tert-OH is 1. The lowest BCUT2D eigenvalue weighted by atomic mass is 9.60. The lowest BCUT2D eigenvalue weighted by molar-refractivity contribution is -0.201. The summed E-state index contributed by atoms with van der Waals surface area (Å²) in [6, 6.07) is 14.0. The molecule has 0 bridgehead atoms. The topological polar surface area (TPSA) is 60.9 Å². The number of likely N-dealkylation sites (tertiary alicyclic amines) is 2. The summed E-state index contributed by atoms with van der Waals surface area (Å²) < 4.78 is 13.2. The maximum Gasteiger partial charge on any atom is 0.222 e. The number of aliphatic hydroxyl groups is 1. The van der Waals surface area contributed by atoms with E-state index in [1.54, 1.807) is 21.9 Å². The van der Waals surface area contributed by atoms with Gasteiger partial charge in [0.2, 0.25) is 11.8 Å². The first kappa shape index (κ1) is 19.6. The van der Waals surface area contributed by atoms with Gasteiger partial charge in [0, 0.05) is 32.4 Å². The maximum absolute atomic E-state index is 13.2. The summed E-state index contributed by atoms with van der Waals surface area (Å²) in [5.74, 6) is -0.295. The zero-order valence-corrected chi connectivity index (χ0v) is 16.6. The first-order valence-corrected chi connectivity index (χ1v) is 9.95. The molecule has 6 heteroatoms. The summed E-state index contributed by atoms with van der Waals surface area (Å²) in [6.45, 7) is 4.23. The van der Waals surface area contributed by atoms with Crippen molar-refractivity contribution >= 4 is 11.8 Å². The van der Waals surface area contributed by atoms with Crippen molar-refractivity contribution in [2.24, 2.45) is 0 Å². The SMILES string of the molecule is CCC(=O)N1CC2(C1)[C@H](c1ccc(-c3ccc(F)cc3)cc1)[C@H](CO)N2C(C)=O. The largest absolute Gasteiger partial charge is 0.394 e.